The van der Waals surface area contributed by atoms with E-state index in [1.54, 1.807) is 6.20 Å². The van der Waals surface area contributed by atoms with E-state index < -0.39 is 0 Å². The summed E-state index contributed by atoms with van der Waals surface area (Å²) < 4.78 is 0. The van der Waals surface area contributed by atoms with Gasteiger partial charge in [-0.3, -0.25) is 4.99 Å². The Morgan fingerprint density at radius 1 is 1.40 bits per heavy atom. The highest BCUT2D eigenvalue weighted by atomic mass is 15.0. The standard InChI is InChI=1S/C8H14N2/c1-9-7-5-4-6-8-10(2)3/h4-7H,1,8H2,2-3H3/b6-4+,7-5+. The summed E-state index contributed by atoms with van der Waals surface area (Å²) in [7, 11) is 4.06. The van der Waals surface area contributed by atoms with Gasteiger partial charge < -0.3 is 4.90 Å². The van der Waals surface area contributed by atoms with Gasteiger partial charge in [0.1, 0.15) is 0 Å². The lowest BCUT2D eigenvalue weighted by atomic mass is 10.4. The fourth-order valence-corrected chi connectivity index (χ4v) is 0.461. The van der Waals surface area contributed by atoms with Gasteiger partial charge in [-0.15, -0.1) is 0 Å². The second kappa shape index (κ2) is 6.23. The predicted molar refractivity (Wildman–Crippen MR) is 46.4 cm³/mol. The first-order chi connectivity index (χ1) is 4.77. The molecule has 0 aromatic heterocycles. The van der Waals surface area contributed by atoms with E-state index in [1.165, 1.54) is 0 Å². The average Bonchev–Trinajstić information content (AvgIpc) is 1.87. The largest absolute Gasteiger partial charge is 0.306 e. The number of rotatable bonds is 4. The molecule has 0 atom stereocenters. The fraction of sp³-hybridized carbons (Fsp3) is 0.375. The summed E-state index contributed by atoms with van der Waals surface area (Å²) in [5, 5.41) is 0. The molecule has 0 saturated carbocycles. The van der Waals surface area contributed by atoms with Crippen LogP contribution in [0.1, 0.15) is 0 Å². The quantitative estimate of drug-likeness (QED) is 0.422. The minimum Gasteiger partial charge on any atom is -0.306 e. The van der Waals surface area contributed by atoms with Gasteiger partial charge in [0.15, 0.2) is 0 Å². The highest BCUT2D eigenvalue weighted by Gasteiger charge is 1.78. The Bertz CT molecular complexity index is 134. The zero-order valence-corrected chi connectivity index (χ0v) is 6.62. The van der Waals surface area contributed by atoms with Crippen molar-refractivity contribution in [3.63, 3.8) is 0 Å². The molecule has 0 amide bonds. The Kier molecular flexibility index (Phi) is 5.68. The summed E-state index contributed by atoms with van der Waals surface area (Å²) in [4.78, 5) is 5.65. The van der Waals surface area contributed by atoms with Crippen molar-refractivity contribution in [1.82, 2.24) is 4.90 Å². The average molecular weight is 138 g/mol. The summed E-state index contributed by atoms with van der Waals surface area (Å²) in [6.45, 7) is 4.27. The number of hydrogen-bond donors (Lipinski definition) is 0. The van der Waals surface area contributed by atoms with Crippen LogP contribution in [0.25, 0.3) is 0 Å². The molecule has 10 heavy (non-hydrogen) atoms. The molecule has 2 heteroatoms. The molecule has 0 fully saturated rings. The Morgan fingerprint density at radius 3 is 2.60 bits per heavy atom. The molecule has 0 N–H and O–H groups in total. The van der Waals surface area contributed by atoms with Gasteiger partial charge in [0.05, 0.1) is 0 Å². The van der Waals surface area contributed by atoms with Crippen LogP contribution in [-0.2, 0) is 0 Å². The van der Waals surface area contributed by atoms with Gasteiger partial charge in [-0.2, -0.15) is 0 Å². The van der Waals surface area contributed by atoms with Crippen molar-refractivity contribution in [2.45, 2.75) is 0 Å². The van der Waals surface area contributed by atoms with Gasteiger partial charge in [-0.1, -0.05) is 12.2 Å². The second-order valence-corrected chi connectivity index (χ2v) is 2.21. The maximum Gasteiger partial charge on any atom is 0.0260 e. The zero-order chi connectivity index (χ0) is 7.82. The van der Waals surface area contributed by atoms with Crippen LogP contribution in [-0.4, -0.2) is 32.3 Å². The van der Waals surface area contributed by atoms with Crippen LogP contribution >= 0.6 is 0 Å². The third-order valence-electron chi connectivity index (χ3n) is 0.909. The minimum absolute atomic E-state index is 0.960. The lowest BCUT2D eigenvalue weighted by Crippen LogP contribution is -2.10. The maximum atomic E-state index is 3.56. The van der Waals surface area contributed by atoms with E-state index in [0.717, 1.165) is 6.54 Å². The topological polar surface area (TPSA) is 15.6 Å². The molecule has 56 valence electrons. The molecule has 0 aliphatic heterocycles. The van der Waals surface area contributed by atoms with Gasteiger partial charge >= 0.3 is 0 Å². The minimum atomic E-state index is 0.960. The summed E-state index contributed by atoms with van der Waals surface area (Å²) in [5.74, 6) is 0. The van der Waals surface area contributed by atoms with Gasteiger partial charge in [0, 0.05) is 12.7 Å². The first kappa shape index (κ1) is 9.11. The lowest BCUT2D eigenvalue weighted by Gasteiger charge is -2.02. The van der Waals surface area contributed by atoms with E-state index in [4.69, 9.17) is 0 Å². The van der Waals surface area contributed by atoms with Gasteiger partial charge in [0.25, 0.3) is 0 Å². The molecule has 0 aliphatic rings. The van der Waals surface area contributed by atoms with Gasteiger partial charge in [0.2, 0.25) is 0 Å². The van der Waals surface area contributed by atoms with Crippen molar-refractivity contribution in [1.29, 1.82) is 0 Å². The summed E-state index contributed by atoms with van der Waals surface area (Å²) >= 11 is 0. The van der Waals surface area contributed by atoms with E-state index in [1.807, 2.05) is 26.2 Å². The zero-order valence-electron chi connectivity index (χ0n) is 6.62. The summed E-state index contributed by atoms with van der Waals surface area (Å²) in [6, 6.07) is 0. The van der Waals surface area contributed by atoms with Crippen molar-refractivity contribution in [2.24, 2.45) is 4.99 Å². The Balaban J connectivity index is 3.37. The normalized spacial score (nSPS) is 11.9. The molecule has 2 nitrogen and oxygen atoms in total. The number of allylic oxidation sites excluding steroid dienone is 2. The number of hydrogen-bond acceptors (Lipinski definition) is 2. The van der Waals surface area contributed by atoms with Crippen LogP contribution < -0.4 is 0 Å². The molecule has 0 radical (unpaired) electrons. The highest BCUT2D eigenvalue weighted by molar-refractivity contribution is 5.26. The lowest BCUT2D eigenvalue weighted by molar-refractivity contribution is 0.456. The molecule has 0 aliphatic carbocycles. The Morgan fingerprint density at radius 2 is 2.10 bits per heavy atom. The van der Waals surface area contributed by atoms with E-state index in [2.05, 4.69) is 22.7 Å². The van der Waals surface area contributed by atoms with Crippen molar-refractivity contribution in [3.05, 3.63) is 24.4 Å². The molecule has 0 saturated heterocycles. The summed E-state index contributed by atoms with van der Waals surface area (Å²) in [6.07, 6.45) is 7.53. The van der Waals surface area contributed by atoms with Crippen LogP contribution in [0.4, 0.5) is 0 Å². The molecular formula is C8H14N2. The van der Waals surface area contributed by atoms with E-state index >= 15 is 0 Å². The number of nitrogens with zero attached hydrogens (tertiary/aromatic N) is 2. The maximum absolute atomic E-state index is 3.56. The van der Waals surface area contributed by atoms with Gasteiger partial charge in [-0.05, 0) is 26.9 Å². The molecular weight excluding hydrogens is 124 g/mol. The molecule has 0 unspecified atom stereocenters. The van der Waals surface area contributed by atoms with E-state index in [9.17, 15) is 0 Å². The van der Waals surface area contributed by atoms with Crippen LogP contribution in [0.15, 0.2) is 29.4 Å². The molecule has 0 aromatic carbocycles. The first-order valence-corrected chi connectivity index (χ1v) is 3.19. The van der Waals surface area contributed by atoms with E-state index in [0.29, 0.717) is 0 Å². The van der Waals surface area contributed by atoms with Crippen LogP contribution in [0, 0.1) is 0 Å². The van der Waals surface area contributed by atoms with Crippen LogP contribution in [0.2, 0.25) is 0 Å². The second-order valence-electron chi connectivity index (χ2n) is 2.21. The smallest absolute Gasteiger partial charge is 0.0260 e. The molecule has 0 heterocycles. The van der Waals surface area contributed by atoms with E-state index in [-0.39, 0.29) is 0 Å². The van der Waals surface area contributed by atoms with Crippen LogP contribution in [0.3, 0.4) is 0 Å². The third kappa shape index (κ3) is 7.11. The summed E-state index contributed by atoms with van der Waals surface area (Å²) in [5.41, 5.74) is 0. The Hall–Kier alpha value is -0.890. The van der Waals surface area contributed by atoms with Gasteiger partial charge in [-0.25, -0.2) is 0 Å². The monoisotopic (exact) mass is 138 g/mol. The molecule has 0 rings (SSSR count). The van der Waals surface area contributed by atoms with Crippen molar-refractivity contribution in [2.75, 3.05) is 20.6 Å². The van der Waals surface area contributed by atoms with Crippen molar-refractivity contribution >= 4 is 6.72 Å². The number of likely N-dealkylation sites (N-methyl/N-ethyl adjacent to an activating group) is 1. The van der Waals surface area contributed by atoms with Crippen molar-refractivity contribution < 1.29 is 0 Å². The fourth-order valence-electron chi connectivity index (χ4n) is 0.461. The first-order valence-electron chi connectivity index (χ1n) is 3.19. The SMILES string of the molecule is C=N/C=C/C=C/CN(C)C. The molecule has 0 bridgehead atoms. The predicted octanol–water partition coefficient (Wildman–Crippen LogP) is 1.32. The van der Waals surface area contributed by atoms with Crippen LogP contribution in [0.5, 0.6) is 0 Å². The molecule has 0 aromatic rings. The third-order valence-corrected chi connectivity index (χ3v) is 0.909. The Labute approximate surface area is 62.6 Å². The van der Waals surface area contributed by atoms with Crippen molar-refractivity contribution in [3.8, 4) is 0 Å². The molecule has 0 spiro atoms. The highest BCUT2D eigenvalue weighted by Crippen LogP contribution is 1.79. The number of aliphatic imine (C=N–C) groups is 1.